The van der Waals surface area contributed by atoms with Crippen molar-refractivity contribution < 1.29 is 4.79 Å². The van der Waals surface area contributed by atoms with Crippen LogP contribution in [0.1, 0.15) is 39.0 Å². The molecule has 0 radical (unpaired) electrons. The molecule has 4 heteroatoms. The summed E-state index contributed by atoms with van der Waals surface area (Å²) in [5.41, 5.74) is 2.60. The number of carbonyl (C=O) groups excluding carboxylic acids is 1. The third-order valence-electron chi connectivity index (χ3n) is 4.68. The average molecular weight is 343 g/mol. The molecular weight excluding hydrogens is 316 g/mol. The van der Waals surface area contributed by atoms with Gasteiger partial charge in [-0.15, -0.1) is 11.3 Å². The van der Waals surface area contributed by atoms with Crippen LogP contribution in [0.5, 0.6) is 0 Å². The first-order chi connectivity index (χ1) is 11.7. The average Bonchev–Trinajstić information content (AvgIpc) is 2.83. The molecule has 1 aliphatic rings. The molecule has 2 aromatic rings. The summed E-state index contributed by atoms with van der Waals surface area (Å²) in [6.07, 6.45) is 2.05. The quantitative estimate of drug-likeness (QED) is 0.839. The highest BCUT2D eigenvalue weighted by Crippen LogP contribution is 2.24. The zero-order valence-electron chi connectivity index (χ0n) is 14.6. The van der Waals surface area contributed by atoms with Crippen molar-refractivity contribution in [3.63, 3.8) is 0 Å². The number of amides is 1. The predicted molar refractivity (Wildman–Crippen MR) is 101 cm³/mol. The Balaban J connectivity index is 1.61. The number of thiophene rings is 1. The first-order valence-corrected chi connectivity index (χ1v) is 9.64. The van der Waals surface area contributed by atoms with E-state index in [1.54, 1.807) is 11.3 Å². The van der Waals surface area contributed by atoms with Gasteiger partial charge in [-0.05, 0) is 37.0 Å². The van der Waals surface area contributed by atoms with Crippen LogP contribution in [0.3, 0.4) is 0 Å². The van der Waals surface area contributed by atoms with Gasteiger partial charge in [0.2, 0.25) is 0 Å². The number of benzene rings is 1. The van der Waals surface area contributed by atoms with Crippen LogP contribution in [0.15, 0.2) is 36.4 Å². The molecule has 0 spiro atoms. The molecular formula is C20H26N2OS. The predicted octanol–water partition coefficient (Wildman–Crippen LogP) is 3.97. The Labute approximate surface area is 148 Å². The number of aryl methyl sites for hydroxylation is 2. The maximum Gasteiger partial charge on any atom is 0.263 e. The number of carbonyl (C=O) groups is 1. The first-order valence-electron chi connectivity index (χ1n) is 8.82. The van der Waals surface area contributed by atoms with E-state index in [2.05, 4.69) is 55.1 Å². The van der Waals surface area contributed by atoms with Gasteiger partial charge in [-0.3, -0.25) is 9.69 Å². The Morgan fingerprint density at radius 1 is 1.12 bits per heavy atom. The summed E-state index contributed by atoms with van der Waals surface area (Å²) in [6.45, 7) is 8.93. The molecule has 0 aliphatic carbocycles. The molecule has 1 fully saturated rings. The van der Waals surface area contributed by atoms with Gasteiger partial charge in [0.25, 0.3) is 5.91 Å². The minimum atomic E-state index is 0.212. The lowest BCUT2D eigenvalue weighted by Gasteiger charge is -2.21. The molecule has 3 nitrogen and oxygen atoms in total. The van der Waals surface area contributed by atoms with Crippen LogP contribution in [0.25, 0.3) is 0 Å². The van der Waals surface area contributed by atoms with Gasteiger partial charge in [-0.1, -0.05) is 37.3 Å². The number of hydrogen-bond donors (Lipinski definition) is 0. The largest absolute Gasteiger partial charge is 0.337 e. The van der Waals surface area contributed by atoms with Crippen LogP contribution in [-0.2, 0) is 13.0 Å². The summed E-state index contributed by atoms with van der Waals surface area (Å²) in [5.74, 6) is 0.212. The standard InChI is InChI=1S/C20H26N2OS/c1-3-18-16(2)14-19(24-18)20(23)22-11-7-10-21(12-13-22)15-17-8-5-4-6-9-17/h4-6,8-9,14H,3,7,10-13,15H2,1-2H3. The summed E-state index contributed by atoms with van der Waals surface area (Å²) in [7, 11) is 0. The molecule has 0 N–H and O–H groups in total. The SMILES string of the molecule is CCc1sc(C(=O)N2CCCN(Cc3ccccc3)CC2)cc1C. The summed E-state index contributed by atoms with van der Waals surface area (Å²) >= 11 is 1.67. The van der Waals surface area contributed by atoms with Gasteiger partial charge < -0.3 is 4.90 Å². The normalized spacial score (nSPS) is 16.2. The van der Waals surface area contributed by atoms with Crippen molar-refractivity contribution in [3.05, 3.63) is 57.3 Å². The first kappa shape index (κ1) is 17.2. The van der Waals surface area contributed by atoms with Crippen molar-refractivity contribution >= 4 is 17.2 Å². The number of nitrogens with zero attached hydrogens (tertiary/aromatic N) is 2. The maximum absolute atomic E-state index is 12.8. The zero-order valence-corrected chi connectivity index (χ0v) is 15.4. The highest BCUT2D eigenvalue weighted by Gasteiger charge is 2.22. The van der Waals surface area contributed by atoms with E-state index in [0.29, 0.717) is 0 Å². The Kier molecular flexibility index (Phi) is 5.69. The summed E-state index contributed by atoms with van der Waals surface area (Å²) < 4.78 is 0. The molecule has 2 heterocycles. The van der Waals surface area contributed by atoms with Crippen LogP contribution >= 0.6 is 11.3 Å². The molecule has 1 amide bonds. The molecule has 0 atom stereocenters. The fourth-order valence-corrected chi connectivity index (χ4v) is 4.39. The van der Waals surface area contributed by atoms with Gasteiger partial charge in [-0.25, -0.2) is 0 Å². The second kappa shape index (κ2) is 7.95. The lowest BCUT2D eigenvalue weighted by Crippen LogP contribution is -2.34. The minimum absolute atomic E-state index is 0.212. The van der Waals surface area contributed by atoms with E-state index in [1.165, 1.54) is 16.0 Å². The summed E-state index contributed by atoms with van der Waals surface area (Å²) in [4.78, 5) is 19.5. The molecule has 24 heavy (non-hydrogen) atoms. The van der Waals surface area contributed by atoms with Gasteiger partial charge in [0.15, 0.2) is 0 Å². The van der Waals surface area contributed by atoms with Gasteiger partial charge in [0, 0.05) is 37.6 Å². The highest BCUT2D eigenvalue weighted by atomic mass is 32.1. The van der Waals surface area contributed by atoms with Crippen LogP contribution in [0.4, 0.5) is 0 Å². The van der Waals surface area contributed by atoms with Crippen molar-refractivity contribution in [2.45, 2.75) is 33.2 Å². The van der Waals surface area contributed by atoms with E-state index in [4.69, 9.17) is 0 Å². The van der Waals surface area contributed by atoms with Crippen LogP contribution in [0, 0.1) is 6.92 Å². The topological polar surface area (TPSA) is 23.6 Å². The lowest BCUT2D eigenvalue weighted by atomic mass is 10.2. The summed E-state index contributed by atoms with van der Waals surface area (Å²) in [6, 6.07) is 12.7. The van der Waals surface area contributed by atoms with E-state index in [-0.39, 0.29) is 5.91 Å². The van der Waals surface area contributed by atoms with E-state index in [9.17, 15) is 4.79 Å². The van der Waals surface area contributed by atoms with E-state index < -0.39 is 0 Å². The Morgan fingerprint density at radius 3 is 2.62 bits per heavy atom. The molecule has 128 valence electrons. The number of hydrogen-bond acceptors (Lipinski definition) is 3. The maximum atomic E-state index is 12.8. The second-order valence-electron chi connectivity index (χ2n) is 6.48. The minimum Gasteiger partial charge on any atom is -0.337 e. The third-order valence-corrected chi connectivity index (χ3v) is 6.05. The highest BCUT2D eigenvalue weighted by molar-refractivity contribution is 7.14. The van der Waals surface area contributed by atoms with Gasteiger partial charge in [-0.2, -0.15) is 0 Å². The fraction of sp³-hybridized carbons (Fsp3) is 0.450. The van der Waals surface area contributed by atoms with Crippen molar-refractivity contribution in [2.75, 3.05) is 26.2 Å². The van der Waals surface area contributed by atoms with Crippen molar-refractivity contribution in [1.29, 1.82) is 0 Å². The van der Waals surface area contributed by atoms with Crippen molar-refractivity contribution in [3.8, 4) is 0 Å². The third kappa shape index (κ3) is 4.05. The lowest BCUT2D eigenvalue weighted by molar-refractivity contribution is 0.0766. The van der Waals surface area contributed by atoms with E-state index in [1.807, 2.05) is 4.90 Å². The Morgan fingerprint density at radius 2 is 1.92 bits per heavy atom. The second-order valence-corrected chi connectivity index (χ2v) is 7.61. The van der Waals surface area contributed by atoms with E-state index in [0.717, 1.165) is 50.4 Å². The van der Waals surface area contributed by atoms with Crippen LogP contribution in [0.2, 0.25) is 0 Å². The molecule has 1 aliphatic heterocycles. The smallest absolute Gasteiger partial charge is 0.263 e. The van der Waals surface area contributed by atoms with Gasteiger partial charge >= 0.3 is 0 Å². The van der Waals surface area contributed by atoms with Crippen LogP contribution in [-0.4, -0.2) is 41.9 Å². The number of rotatable bonds is 4. The van der Waals surface area contributed by atoms with Crippen molar-refractivity contribution in [1.82, 2.24) is 9.80 Å². The monoisotopic (exact) mass is 342 g/mol. The Bertz CT molecular complexity index is 680. The molecule has 1 saturated heterocycles. The molecule has 0 bridgehead atoms. The Hall–Kier alpha value is -1.65. The van der Waals surface area contributed by atoms with Gasteiger partial charge in [0.1, 0.15) is 0 Å². The molecule has 0 unspecified atom stereocenters. The van der Waals surface area contributed by atoms with Crippen molar-refractivity contribution in [2.24, 2.45) is 0 Å². The molecule has 1 aromatic heterocycles. The summed E-state index contributed by atoms with van der Waals surface area (Å²) in [5, 5.41) is 0. The van der Waals surface area contributed by atoms with Crippen LogP contribution < -0.4 is 0 Å². The van der Waals surface area contributed by atoms with Gasteiger partial charge in [0.05, 0.1) is 4.88 Å². The molecule has 1 aromatic carbocycles. The molecule has 3 rings (SSSR count). The van der Waals surface area contributed by atoms with E-state index >= 15 is 0 Å². The molecule has 0 saturated carbocycles. The fourth-order valence-electron chi connectivity index (χ4n) is 3.31. The zero-order chi connectivity index (χ0) is 16.9.